The zero-order valence-electron chi connectivity index (χ0n) is 9.30. The third kappa shape index (κ3) is 2.16. The quantitative estimate of drug-likeness (QED) is 0.782. The van der Waals surface area contributed by atoms with Crippen molar-refractivity contribution < 1.29 is 9.47 Å². The molecule has 83 valence electrons. The highest BCUT2D eigenvalue weighted by molar-refractivity contribution is 5.42. The average Bonchev–Trinajstić information content (AvgIpc) is 2.81. The van der Waals surface area contributed by atoms with Gasteiger partial charge in [0.1, 0.15) is 6.20 Å². The summed E-state index contributed by atoms with van der Waals surface area (Å²) < 4.78 is 12.4. The highest BCUT2D eigenvalue weighted by Crippen LogP contribution is 2.27. The predicted octanol–water partition coefficient (Wildman–Crippen LogP) is 1.75. The normalized spacial score (nSPS) is 10.1. The second-order valence-electron chi connectivity index (χ2n) is 3.36. The van der Waals surface area contributed by atoms with Crippen LogP contribution in [0.5, 0.6) is 11.5 Å². The van der Waals surface area contributed by atoms with Crippen molar-refractivity contribution in [2.24, 2.45) is 0 Å². The number of hydrogen-bond acceptors (Lipinski definition) is 3. The van der Waals surface area contributed by atoms with Crippen LogP contribution >= 0.6 is 0 Å². The number of ether oxygens (including phenoxy) is 2. The fourth-order valence-electron chi connectivity index (χ4n) is 1.52. The molecule has 2 aromatic rings. The van der Waals surface area contributed by atoms with Crippen LogP contribution in [0.3, 0.4) is 0 Å². The van der Waals surface area contributed by atoms with Gasteiger partial charge in [0.15, 0.2) is 11.5 Å². The second kappa shape index (κ2) is 4.70. The van der Waals surface area contributed by atoms with E-state index in [1.54, 1.807) is 26.7 Å². The summed E-state index contributed by atoms with van der Waals surface area (Å²) >= 11 is 0. The minimum absolute atomic E-state index is 0.739. The third-order valence-electron chi connectivity index (χ3n) is 2.32. The van der Waals surface area contributed by atoms with E-state index in [0.29, 0.717) is 0 Å². The molecule has 0 aliphatic heterocycles. The summed E-state index contributed by atoms with van der Waals surface area (Å²) in [5, 5.41) is 0. The maximum Gasteiger partial charge on any atom is 0.161 e. The van der Waals surface area contributed by atoms with Gasteiger partial charge in [-0.15, -0.1) is 0 Å². The van der Waals surface area contributed by atoms with Gasteiger partial charge in [0.05, 0.1) is 20.5 Å². The van der Waals surface area contributed by atoms with Gasteiger partial charge in [0.2, 0.25) is 0 Å². The summed E-state index contributed by atoms with van der Waals surface area (Å²) in [7, 11) is 3.26. The molecule has 0 amide bonds. The highest BCUT2D eigenvalue weighted by Gasteiger charge is 2.04. The summed E-state index contributed by atoms with van der Waals surface area (Å²) in [6.07, 6.45) is 6.29. The van der Waals surface area contributed by atoms with E-state index in [2.05, 4.69) is 11.2 Å². The van der Waals surface area contributed by atoms with E-state index in [-0.39, 0.29) is 0 Å². The summed E-state index contributed by atoms with van der Waals surface area (Å²) in [4.78, 5) is 3.88. The smallest absolute Gasteiger partial charge is 0.161 e. The van der Waals surface area contributed by atoms with E-state index in [1.807, 2.05) is 22.8 Å². The second-order valence-corrected chi connectivity index (χ2v) is 3.36. The van der Waals surface area contributed by atoms with Gasteiger partial charge in [-0.25, -0.2) is 4.98 Å². The molecule has 1 heterocycles. The zero-order valence-corrected chi connectivity index (χ0v) is 9.30. The van der Waals surface area contributed by atoms with Gasteiger partial charge in [-0.1, -0.05) is 6.07 Å². The van der Waals surface area contributed by atoms with Crippen LogP contribution in [0.2, 0.25) is 0 Å². The molecule has 0 fully saturated rings. The van der Waals surface area contributed by atoms with Crippen LogP contribution in [0.25, 0.3) is 0 Å². The Morgan fingerprint density at radius 1 is 1.25 bits per heavy atom. The Kier molecular flexibility index (Phi) is 3.10. The fourth-order valence-corrected chi connectivity index (χ4v) is 1.52. The molecular formula is C12H13N2O2. The molecule has 0 N–H and O–H groups in total. The Bertz CT molecular complexity index is 452. The van der Waals surface area contributed by atoms with Crippen molar-refractivity contribution in [1.29, 1.82) is 0 Å². The minimum atomic E-state index is 0.739. The van der Waals surface area contributed by atoms with E-state index in [4.69, 9.17) is 9.47 Å². The van der Waals surface area contributed by atoms with E-state index in [9.17, 15) is 0 Å². The largest absolute Gasteiger partial charge is 0.493 e. The number of imidazole rings is 1. The van der Waals surface area contributed by atoms with Crippen molar-refractivity contribution in [2.75, 3.05) is 14.2 Å². The van der Waals surface area contributed by atoms with Gasteiger partial charge in [-0.2, -0.15) is 0 Å². The van der Waals surface area contributed by atoms with Gasteiger partial charge >= 0.3 is 0 Å². The lowest BCUT2D eigenvalue weighted by Crippen LogP contribution is -1.98. The molecule has 1 radical (unpaired) electrons. The molecule has 1 aromatic heterocycles. The Morgan fingerprint density at radius 2 is 2.06 bits per heavy atom. The Balaban J connectivity index is 2.22. The third-order valence-corrected chi connectivity index (χ3v) is 2.32. The average molecular weight is 217 g/mol. The fraction of sp³-hybridized carbons (Fsp3) is 0.250. The molecule has 4 nitrogen and oxygen atoms in total. The van der Waals surface area contributed by atoms with Crippen LogP contribution in [-0.2, 0) is 6.54 Å². The zero-order chi connectivity index (χ0) is 11.4. The molecule has 16 heavy (non-hydrogen) atoms. The number of aromatic nitrogens is 2. The number of nitrogens with zero attached hydrogens (tertiary/aromatic N) is 2. The predicted molar refractivity (Wildman–Crippen MR) is 59.7 cm³/mol. The maximum absolute atomic E-state index is 5.24. The number of benzene rings is 1. The lowest BCUT2D eigenvalue weighted by molar-refractivity contribution is 0.354. The number of methoxy groups -OCH3 is 2. The highest BCUT2D eigenvalue weighted by atomic mass is 16.5. The van der Waals surface area contributed by atoms with E-state index < -0.39 is 0 Å². The Labute approximate surface area is 94.4 Å². The van der Waals surface area contributed by atoms with Crippen LogP contribution in [0.4, 0.5) is 0 Å². The molecule has 0 aliphatic rings. The first-order valence-corrected chi connectivity index (χ1v) is 4.92. The number of rotatable bonds is 4. The molecule has 0 unspecified atom stereocenters. The van der Waals surface area contributed by atoms with Crippen molar-refractivity contribution >= 4 is 0 Å². The lowest BCUT2D eigenvalue weighted by Gasteiger charge is -2.09. The molecule has 2 rings (SSSR count). The molecule has 0 bridgehead atoms. The first kappa shape index (κ1) is 10.5. The molecule has 0 spiro atoms. The van der Waals surface area contributed by atoms with Crippen LogP contribution in [0, 0.1) is 6.20 Å². The van der Waals surface area contributed by atoms with Crippen LogP contribution in [-0.4, -0.2) is 23.8 Å². The molecule has 1 aromatic carbocycles. The van der Waals surface area contributed by atoms with Gasteiger partial charge in [-0.3, -0.25) is 0 Å². The van der Waals surface area contributed by atoms with Crippen LogP contribution in [0.1, 0.15) is 5.56 Å². The van der Waals surface area contributed by atoms with Gasteiger partial charge in [0.25, 0.3) is 0 Å². The first-order chi connectivity index (χ1) is 7.83. The van der Waals surface area contributed by atoms with E-state index in [0.717, 1.165) is 23.6 Å². The molecule has 0 saturated heterocycles. The Morgan fingerprint density at radius 3 is 2.69 bits per heavy atom. The number of hydrogen-bond donors (Lipinski definition) is 0. The van der Waals surface area contributed by atoms with Crippen molar-refractivity contribution in [1.82, 2.24) is 9.55 Å². The minimum Gasteiger partial charge on any atom is -0.493 e. The van der Waals surface area contributed by atoms with Crippen molar-refractivity contribution in [3.05, 3.63) is 42.5 Å². The summed E-state index contributed by atoms with van der Waals surface area (Å²) in [6, 6.07) is 5.86. The SMILES string of the molecule is COc1ccc(Cn2c[c]nc2)cc1OC. The molecular weight excluding hydrogens is 204 g/mol. The lowest BCUT2D eigenvalue weighted by atomic mass is 10.2. The van der Waals surface area contributed by atoms with Gasteiger partial charge in [-0.05, 0) is 17.7 Å². The van der Waals surface area contributed by atoms with Crippen LogP contribution in [0.15, 0.2) is 30.7 Å². The first-order valence-electron chi connectivity index (χ1n) is 4.92. The van der Waals surface area contributed by atoms with Crippen molar-refractivity contribution in [3.8, 4) is 11.5 Å². The monoisotopic (exact) mass is 217 g/mol. The molecule has 0 saturated carbocycles. The van der Waals surface area contributed by atoms with Crippen molar-refractivity contribution in [3.63, 3.8) is 0 Å². The molecule has 0 atom stereocenters. The maximum atomic E-state index is 5.24. The summed E-state index contributed by atoms with van der Waals surface area (Å²) in [5.41, 5.74) is 1.13. The van der Waals surface area contributed by atoms with E-state index in [1.165, 1.54) is 0 Å². The van der Waals surface area contributed by atoms with E-state index >= 15 is 0 Å². The van der Waals surface area contributed by atoms with Gasteiger partial charge < -0.3 is 14.0 Å². The standard InChI is InChI=1S/C12H13N2O2/c1-15-11-4-3-10(7-12(11)16-2)8-14-6-5-13-9-14/h3-4,6-7,9H,8H2,1-2H3. The van der Waals surface area contributed by atoms with Crippen LogP contribution < -0.4 is 9.47 Å². The summed E-state index contributed by atoms with van der Waals surface area (Å²) in [6.45, 7) is 0.747. The summed E-state index contributed by atoms with van der Waals surface area (Å²) in [5.74, 6) is 1.48. The topological polar surface area (TPSA) is 36.3 Å². The van der Waals surface area contributed by atoms with Crippen molar-refractivity contribution in [2.45, 2.75) is 6.54 Å². The van der Waals surface area contributed by atoms with Gasteiger partial charge in [0, 0.05) is 12.7 Å². The molecule has 0 aliphatic carbocycles. The Hall–Kier alpha value is -1.97. The molecule has 4 heteroatoms.